The van der Waals surface area contributed by atoms with Crippen LogP contribution in [0.3, 0.4) is 0 Å². The normalized spacial score (nSPS) is 11.0. The molecular weight excluding hydrogens is 507 g/mol. The third-order valence-electron chi connectivity index (χ3n) is 4.90. The lowest BCUT2D eigenvalue weighted by atomic mass is 10.1. The van der Waals surface area contributed by atoms with E-state index in [1.165, 1.54) is 25.1 Å². The SMILES string of the molecule is CN=C(NCCCn1ccc2ccccc21)NCc1ccc(OC)c(C(=O)OC)c1.I. The van der Waals surface area contributed by atoms with Gasteiger partial charge in [0.15, 0.2) is 5.96 Å². The number of aromatic nitrogens is 1. The van der Waals surface area contributed by atoms with E-state index in [0.29, 0.717) is 23.8 Å². The first kappa shape index (κ1) is 24.5. The molecule has 0 fully saturated rings. The maximum Gasteiger partial charge on any atom is 0.341 e. The van der Waals surface area contributed by atoms with Crippen molar-refractivity contribution in [1.82, 2.24) is 15.2 Å². The Morgan fingerprint density at radius 3 is 2.65 bits per heavy atom. The minimum Gasteiger partial charge on any atom is -0.496 e. The monoisotopic (exact) mass is 536 g/mol. The molecule has 0 spiro atoms. The predicted molar refractivity (Wildman–Crippen MR) is 135 cm³/mol. The van der Waals surface area contributed by atoms with Gasteiger partial charge in [0.05, 0.1) is 14.2 Å². The molecular formula is C23H29IN4O3. The number of rotatable bonds is 8. The van der Waals surface area contributed by atoms with E-state index >= 15 is 0 Å². The van der Waals surface area contributed by atoms with E-state index < -0.39 is 5.97 Å². The van der Waals surface area contributed by atoms with E-state index in [0.717, 1.165) is 25.1 Å². The minimum absolute atomic E-state index is 0. The van der Waals surface area contributed by atoms with Gasteiger partial charge in [0.25, 0.3) is 0 Å². The number of hydrogen-bond acceptors (Lipinski definition) is 4. The Hall–Kier alpha value is -2.75. The number of nitrogens with zero attached hydrogens (tertiary/aromatic N) is 2. The zero-order valence-corrected chi connectivity index (χ0v) is 20.4. The molecule has 8 heteroatoms. The number of methoxy groups -OCH3 is 2. The fraction of sp³-hybridized carbons (Fsp3) is 0.304. The summed E-state index contributed by atoms with van der Waals surface area (Å²) in [6.07, 6.45) is 3.09. The zero-order valence-electron chi connectivity index (χ0n) is 18.1. The van der Waals surface area contributed by atoms with Gasteiger partial charge in [-0.3, -0.25) is 4.99 Å². The molecule has 0 bridgehead atoms. The molecule has 0 radical (unpaired) electrons. The van der Waals surface area contributed by atoms with Gasteiger partial charge in [0.2, 0.25) is 0 Å². The third kappa shape index (κ3) is 6.36. The molecule has 1 heterocycles. The average Bonchev–Trinajstić information content (AvgIpc) is 3.21. The van der Waals surface area contributed by atoms with E-state index in [1.807, 2.05) is 6.07 Å². The molecule has 0 aliphatic rings. The van der Waals surface area contributed by atoms with Crippen molar-refractivity contribution in [2.24, 2.45) is 4.99 Å². The van der Waals surface area contributed by atoms with E-state index in [9.17, 15) is 4.79 Å². The minimum atomic E-state index is -0.422. The topological polar surface area (TPSA) is 76.9 Å². The Morgan fingerprint density at radius 1 is 1.10 bits per heavy atom. The number of aliphatic imine (C=N–C) groups is 1. The number of para-hydroxylation sites is 1. The summed E-state index contributed by atoms with van der Waals surface area (Å²) in [5, 5.41) is 7.86. The van der Waals surface area contributed by atoms with Gasteiger partial charge >= 0.3 is 5.97 Å². The lowest BCUT2D eigenvalue weighted by Crippen LogP contribution is -2.37. The number of nitrogens with one attached hydrogen (secondary N) is 2. The number of carbonyl (C=O) groups is 1. The summed E-state index contributed by atoms with van der Waals surface area (Å²) in [5.41, 5.74) is 2.58. The first-order chi connectivity index (χ1) is 14.7. The predicted octanol–water partition coefficient (Wildman–Crippen LogP) is 3.81. The highest BCUT2D eigenvalue weighted by molar-refractivity contribution is 14.0. The van der Waals surface area contributed by atoms with Crippen molar-refractivity contribution in [2.75, 3.05) is 27.8 Å². The molecule has 31 heavy (non-hydrogen) atoms. The second-order valence-electron chi connectivity index (χ2n) is 6.80. The van der Waals surface area contributed by atoms with Crippen LogP contribution in [0.15, 0.2) is 59.7 Å². The maximum atomic E-state index is 11.9. The summed E-state index contributed by atoms with van der Waals surface area (Å²) in [7, 11) is 4.62. The van der Waals surface area contributed by atoms with E-state index in [-0.39, 0.29) is 24.0 Å². The quantitative estimate of drug-likeness (QED) is 0.151. The molecule has 2 N–H and O–H groups in total. The molecule has 0 unspecified atom stereocenters. The van der Waals surface area contributed by atoms with Crippen molar-refractivity contribution in [2.45, 2.75) is 19.5 Å². The van der Waals surface area contributed by atoms with Crippen LogP contribution < -0.4 is 15.4 Å². The number of benzene rings is 2. The van der Waals surface area contributed by atoms with Gasteiger partial charge in [0, 0.05) is 38.4 Å². The molecule has 166 valence electrons. The highest BCUT2D eigenvalue weighted by Gasteiger charge is 2.13. The van der Waals surface area contributed by atoms with Gasteiger partial charge in [-0.25, -0.2) is 4.79 Å². The van der Waals surface area contributed by atoms with Crippen LogP contribution in [0.4, 0.5) is 0 Å². The summed E-state index contributed by atoms with van der Waals surface area (Å²) in [5.74, 6) is 0.780. The Morgan fingerprint density at radius 2 is 1.90 bits per heavy atom. The van der Waals surface area contributed by atoms with Crippen molar-refractivity contribution in [1.29, 1.82) is 0 Å². The van der Waals surface area contributed by atoms with Gasteiger partial charge in [-0.15, -0.1) is 24.0 Å². The van der Waals surface area contributed by atoms with Crippen LogP contribution in [0.1, 0.15) is 22.3 Å². The largest absolute Gasteiger partial charge is 0.496 e. The number of halogens is 1. The number of carbonyl (C=O) groups excluding carboxylic acids is 1. The van der Waals surface area contributed by atoms with Crippen molar-refractivity contribution in [3.05, 3.63) is 65.9 Å². The Kier molecular flexibility index (Phi) is 9.64. The molecule has 1 aromatic heterocycles. The van der Waals surface area contributed by atoms with E-state index in [1.54, 1.807) is 19.2 Å². The molecule has 3 aromatic rings. The van der Waals surface area contributed by atoms with Crippen LogP contribution in [0.2, 0.25) is 0 Å². The fourth-order valence-corrected chi connectivity index (χ4v) is 3.33. The summed E-state index contributed by atoms with van der Waals surface area (Å²) in [6.45, 7) is 2.25. The summed E-state index contributed by atoms with van der Waals surface area (Å²) in [4.78, 5) is 16.2. The van der Waals surface area contributed by atoms with Crippen LogP contribution in [-0.2, 0) is 17.8 Å². The summed E-state index contributed by atoms with van der Waals surface area (Å²) < 4.78 is 12.3. The van der Waals surface area contributed by atoms with Crippen LogP contribution in [0.5, 0.6) is 5.75 Å². The molecule has 0 saturated carbocycles. The lowest BCUT2D eigenvalue weighted by molar-refractivity contribution is 0.0597. The molecule has 3 rings (SSSR count). The van der Waals surface area contributed by atoms with E-state index in [2.05, 4.69) is 56.7 Å². The Balaban J connectivity index is 0.00000341. The number of aryl methyl sites for hydroxylation is 1. The lowest BCUT2D eigenvalue weighted by Gasteiger charge is -2.14. The Labute approximate surface area is 199 Å². The molecule has 7 nitrogen and oxygen atoms in total. The second-order valence-corrected chi connectivity index (χ2v) is 6.80. The maximum absolute atomic E-state index is 11.9. The van der Waals surface area contributed by atoms with Crippen LogP contribution in [-0.4, -0.2) is 44.3 Å². The van der Waals surface area contributed by atoms with Gasteiger partial charge in [-0.1, -0.05) is 24.3 Å². The van der Waals surface area contributed by atoms with Crippen LogP contribution in [0.25, 0.3) is 10.9 Å². The highest BCUT2D eigenvalue weighted by atomic mass is 127. The molecule has 0 atom stereocenters. The molecule has 0 aliphatic carbocycles. The number of hydrogen-bond donors (Lipinski definition) is 2. The molecule has 0 amide bonds. The summed E-state index contributed by atoms with van der Waals surface area (Å²) in [6, 6.07) is 16.0. The summed E-state index contributed by atoms with van der Waals surface area (Å²) >= 11 is 0. The fourth-order valence-electron chi connectivity index (χ4n) is 3.33. The standard InChI is InChI=1S/C23H28N4O3.HI/c1-24-23(25-12-6-13-27-14-11-18-7-4-5-8-20(18)27)26-16-17-9-10-21(29-2)19(15-17)22(28)30-3;/h4-5,7-11,14-15H,6,12-13,16H2,1-3H3,(H2,24,25,26);1H. The highest BCUT2D eigenvalue weighted by Crippen LogP contribution is 2.20. The number of ether oxygens (including phenoxy) is 2. The molecule has 0 aliphatic heterocycles. The van der Waals surface area contributed by atoms with Gasteiger partial charge in [-0.05, 0) is 41.6 Å². The first-order valence-electron chi connectivity index (χ1n) is 9.90. The van der Waals surface area contributed by atoms with Crippen molar-refractivity contribution < 1.29 is 14.3 Å². The third-order valence-corrected chi connectivity index (χ3v) is 4.90. The van der Waals surface area contributed by atoms with Gasteiger partial charge < -0.3 is 24.7 Å². The molecule has 2 aromatic carbocycles. The number of fused-ring (bicyclic) bond motifs is 1. The van der Waals surface area contributed by atoms with Gasteiger partial charge in [-0.2, -0.15) is 0 Å². The Bertz CT molecular complexity index is 1030. The number of esters is 1. The average molecular weight is 536 g/mol. The van der Waals surface area contributed by atoms with Crippen LogP contribution in [0, 0.1) is 0 Å². The van der Waals surface area contributed by atoms with Crippen molar-refractivity contribution >= 4 is 46.8 Å². The van der Waals surface area contributed by atoms with Gasteiger partial charge in [0.1, 0.15) is 11.3 Å². The van der Waals surface area contributed by atoms with Crippen molar-refractivity contribution in [3.8, 4) is 5.75 Å². The van der Waals surface area contributed by atoms with Crippen LogP contribution >= 0.6 is 24.0 Å². The van der Waals surface area contributed by atoms with E-state index in [4.69, 9.17) is 9.47 Å². The second kappa shape index (κ2) is 12.2. The smallest absolute Gasteiger partial charge is 0.341 e. The number of guanidine groups is 1. The molecule has 0 saturated heterocycles. The zero-order chi connectivity index (χ0) is 21.3. The first-order valence-corrected chi connectivity index (χ1v) is 9.90. The van der Waals surface area contributed by atoms with Crippen molar-refractivity contribution in [3.63, 3.8) is 0 Å².